The van der Waals surface area contributed by atoms with Crippen LogP contribution in [0, 0.1) is 11.8 Å². The molecule has 0 saturated carbocycles. The molecule has 0 radical (unpaired) electrons. The maximum absolute atomic E-state index is 3.98. The van der Waals surface area contributed by atoms with Crippen LogP contribution in [0.3, 0.4) is 0 Å². The summed E-state index contributed by atoms with van der Waals surface area (Å²) in [5, 5.41) is 0. The van der Waals surface area contributed by atoms with Crippen LogP contribution in [0.15, 0.2) is 12.1 Å². The number of rotatable bonds is 6. The van der Waals surface area contributed by atoms with Crippen molar-refractivity contribution in [2.45, 2.75) is 65.6 Å². The van der Waals surface area contributed by atoms with Crippen molar-refractivity contribution in [1.82, 2.24) is 0 Å². The molecule has 0 N–H and O–H groups in total. The first-order valence-electron chi connectivity index (χ1n) is 7.74. The van der Waals surface area contributed by atoms with E-state index >= 15 is 0 Å². The predicted octanol–water partition coefficient (Wildman–Crippen LogP) is 6.10. The van der Waals surface area contributed by atoms with Crippen LogP contribution in [0.25, 0.3) is 0 Å². The highest BCUT2D eigenvalue weighted by Gasteiger charge is 2.23. The second kappa shape index (κ2) is 7.47. The van der Waals surface area contributed by atoms with Crippen LogP contribution in [0.2, 0.25) is 0 Å². The largest absolute Gasteiger partial charge is 0.0836 e. The minimum absolute atomic E-state index is 0.475. The summed E-state index contributed by atoms with van der Waals surface area (Å²) in [6, 6.07) is 4.82. The molecular formula is C18H29Br. The van der Waals surface area contributed by atoms with E-state index in [4.69, 9.17) is 0 Å². The van der Waals surface area contributed by atoms with Crippen LogP contribution in [-0.4, -0.2) is 0 Å². The van der Waals surface area contributed by atoms with E-state index in [1.165, 1.54) is 16.7 Å². The minimum Gasteiger partial charge on any atom is -0.0836 e. The summed E-state index contributed by atoms with van der Waals surface area (Å²) in [7, 11) is 0. The van der Waals surface area contributed by atoms with Crippen LogP contribution in [0.4, 0.5) is 0 Å². The summed E-state index contributed by atoms with van der Waals surface area (Å²) in [5.41, 5.74) is 6.11. The molecule has 0 fully saturated rings. The molecule has 19 heavy (non-hydrogen) atoms. The Balaban J connectivity index is 3.31. The summed E-state index contributed by atoms with van der Waals surface area (Å²) in [6.45, 7) is 13.8. The Morgan fingerprint density at radius 1 is 0.895 bits per heavy atom. The van der Waals surface area contributed by atoms with Gasteiger partial charge in [-0.3, -0.25) is 0 Å². The van der Waals surface area contributed by atoms with Crippen LogP contribution >= 0.6 is 15.9 Å². The third-order valence-corrected chi connectivity index (χ3v) is 5.66. The van der Waals surface area contributed by atoms with E-state index in [1.54, 1.807) is 5.56 Å². The molecule has 0 aliphatic carbocycles. The molecule has 0 saturated heterocycles. The summed E-state index contributed by atoms with van der Waals surface area (Å²) in [4.78, 5) is 0.475. The first kappa shape index (κ1) is 16.8. The lowest BCUT2D eigenvalue weighted by Crippen LogP contribution is -2.14. The molecule has 0 aliphatic heterocycles. The van der Waals surface area contributed by atoms with Gasteiger partial charge in [-0.2, -0.15) is 0 Å². The molecule has 2 unspecified atom stereocenters. The molecule has 0 spiro atoms. The van der Waals surface area contributed by atoms with E-state index in [1.807, 2.05) is 0 Å². The van der Waals surface area contributed by atoms with Crippen LogP contribution in [0.1, 0.15) is 68.6 Å². The molecule has 108 valence electrons. The van der Waals surface area contributed by atoms with Gasteiger partial charge < -0.3 is 0 Å². The van der Waals surface area contributed by atoms with Gasteiger partial charge in [0.1, 0.15) is 0 Å². The number of halogens is 1. The highest BCUT2D eigenvalue weighted by molar-refractivity contribution is 9.09. The fourth-order valence-electron chi connectivity index (χ4n) is 2.60. The van der Waals surface area contributed by atoms with Crippen molar-refractivity contribution in [3.8, 4) is 0 Å². The molecule has 0 aromatic heterocycles. The molecule has 0 bridgehead atoms. The van der Waals surface area contributed by atoms with Crippen molar-refractivity contribution in [1.29, 1.82) is 0 Å². The van der Waals surface area contributed by atoms with Crippen molar-refractivity contribution in [2.75, 3.05) is 0 Å². The van der Waals surface area contributed by atoms with E-state index in [-0.39, 0.29) is 0 Å². The topological polar surface area (TPSA) is 0 Å². The van der Waals surface area contributed by atoms with Gasteiger partial charge in [0.05, 0.1) is 0 Å². The quantitative estimate of drug-likeness (QED) is 0.554. The van der Waals surface area contributed by atoms with Gasteiger partial charge in [0, 0.05) is 4.83 Å². The highest BCUT2D eigenvalue weighted by atomic mass is 79.9. The Hall–Kier alpha value is -0.300. The zero-order chi connectivity index (χ0) is 14.6. The lowest BCUT2D eigenvalue weighted by Gasteiger charge is -2.27. The third-order valence-electron chi connectivity index (χ3n) is 4.37. The monoisotopic (exact) mass is 324 g/mol. The molecule has 1 aromatic rings. The molecule has 1 heteroatoms. The fraction of sp³-hybridized carbons (Fsp3) is 0.667. The Morgan fingerprint density at radius 2 is 1.37 bits per heavy atom. The summed E-state index contributed by atoms with van der Waals surface area (Å²) in [5.74, 6) is 1.35. The standard InChI is InChI=1S/C18H29Br/c1-7-14-10-15(8-2)17(16(9-3)11-14)18(19)13(6)12(4)5/h10-13,18H,7-9H2,1-6H3. The molecule has 0 heterocycles. The average Bonchev–Trinajstić information content (AvgIpc) is 2.43. The van der Waals surface area contributed by atoms with Crippen molar-refractivity contribution < 1.29 is 0 Å². The van der Waals surface area contributed by atoms with E-state index in [0.29, 0.717) is 16.7 Å². The van der Waals surface area contributed by atoms with E-state index in [9.17, 15) is 0 Å². The van der Waals surface area contributed by atoms with Crippen LogP contribution in [0.5, 0.6) is 0 Å². The summed E-state index contributed by atoms with van der Waals surface area (Å²) >= 11 is 3.98. The molecule has 0 amide bonds. The fourth-order valence-corrected chi connectivity index (χ4v) is 3.79. The van der Waals surface area contributed by atoms with E-state index in [2.05, 4.69) is 69.6 Å². The van der Waals surface area contributed by atoms with Gasteiger partial charge in [-0.05, 0) is 53.4 Å². The minimum atomic E-state index is 0.475. The summed E-state index contributed by atoms with van der Waals surface area (Å²) in [6.07, 6.45) is 3.39. The SMILES string of the molecule is CCc1cc(CC)c(C(Br)C(C)C(C)C)c(CC)c1. The Kier molecular flexibility index (Phi) is 6.59. The van der Waals surface area contributed by atoms with Gasteiger partial charge >= 0.3 is 0 Å². The average molecular weight is 325 g/mol. The summed E-state index contributed by atoms with van der Waals surface area (Å²) < 4.78 is 0. The molecule has 0 nitrogen and oxygen atoms in total. The lowest BCUT2D eigenvalue weighted by molar-refractivity contribution is 0.412. The van der Waals surface area contributed by atoms with Crippen molar-refractivity contribution in [3.63, 3.8) is 0 Å². The van der Waals surface area contributed by atoms with Gasteiger partial charge in [0.15, 0.2) is 0 Å². The number of benzene rings is 1. The Morgan fingerprint density at radius 3 is 1.68 bits per heavy atom. The molecule has 0 aliphatic rings. The molecule has 1 rings (SSSR count). The van der Waals surface area contributed by atoms with Gasteiger partial charge in [0.25, 0.3) is 0 Å². The van der Waals surface area contributed by atoms with Gasteiger partial charge in [-0.1, -0.05) is 69.6 Å². The maximum atomic E-state index is 3.98. The number of aryl methyl sites for hydroxylation is 3. The number of hydrogen-bond acceptors (Lipinski definition) is 0. The highest BCUT2D eigenvalue weighted by Crippen LogP contribution is 2.39. The second-order valence-electron chi connectivity index (χ2n) is 5.89. The first-order valence-corrected chi connectivity index (χ1v) is 8.66. The van der Waals surface area contributed by atoms with Crippen molar-refractivity contribution >= 4 is 15.9 Å². The smallest absolute Gasteiger partial charge is 0.0428 e. The maximum Gasteiger partial charge on any atom is 0.0428 e. The van der Waals surface area contributed by atoms with E-state index < -0.39 is 0 Å². The first-order chi connectivity index (χ1) is 8.96. The molecule has 2 atom stereocenters. The van der Waals surface area contributed by atoms with Crippen molar-refractivity contribution in [3.05, 3.63) is 34.4 Å². The van der Waals surface area contributed by atoms with Crippen LogP contribution < -0.4 is 0 Å². The number of alkyl halides is 1. The lowest BCUT2D eigenvalue weighted by atomic mass is 9.84. The Labute approximate surface area is 128 Å². The van der Waals surface area contributed by atoms with Gasteiger partial charge in [-0.25, -0.2) is 0 Å². The zero-order valence-electron chi connectivity index (χ0n) is 13.4. The van der Waals surface area contributed by atoms with E-state index in [0.717, 1.165) is 19.3 Å². The predicted molar refractivity (Wildman–Crippen MR) is 90.2 cm³/mol. The van der Waals surface area contributed by atoms with Gasteiger partial charge in [-0.15, -0.1) is 0 Å². The number of hydrogen-bond donors (Lipinski definition) is 0. The second-order valence-corrected chi connectivity index (χ2v) is 6.88. The van der Waals surface area contributed by atoms with Crippen molar-refractivity contribution in [2.24, 2.45) is 11.8 Å². The van der Waals surface area contributed by atoms with Gasteiger partial charge in [0.2, 0.25) is 0 Å². The zero-order valence-corrected chi connectivity index (χ0v) is 15.0. The van der Waals surface area contributed by atoms with Crippen LogP contribution in [-0.2, 0) is 19.3 Å². The molecule has 1 aromatic carbocycles. The normalized spacial score (nSPS) is 14.7. The Bertz CT molecular complexity index is 381. The molecular weight excluding hydrogens is 296 g/mol. The third kappa shape index (κ3) is 3.84.